The van der Waals surface area contributed by atoms with Crippen LogP contribution in [-0.4, -0.2) is 15.0 Å². The van der Waals surface area contributed by atoms with Crippen molar-refractivity contribution in [3.63, 3.8) is 0 Å². The van der Waals surface area contributed by atoms with Crippen LogP contribution >= 0.6 is 0 Å². The van der Waals surface area contributed by atoms with Gasteiger partial charge >= 0.3 is 0 Å². The third-order valence-electron chi connectivity index (χ3n) is 9.75. The fraction of sp³-hybridized carbons (Fsp3) is 0. The van der Waals surface area contributed by atoms with Crippen LogP contribution in [0, 0.1) is 0 Å². The highest BCUT2D eigenvalue weighted by Gasteiger charge is 2.18. The Balaban J connectivity index is 1.12. The number of aromatic nitrogens is 3. The average Bonchev–Trinajstić information content (AvgIpc) is 3.60. The van der Waals surface area contributed by atoms with Gasteiger partial charge in [-0.1, -0.05) is 164 Å². The van der Waals surface area contributed by atoms with Gasteiger partial charge in [0.15, 0.2) is 17.5 Å². The van der Waals surface area contributed by atoms with Crippen LogP contribution in [0.15, 0.2) is 180 Å². The molecule has 0 unspecified atom stereocenters. The highest BCUT2D eigenvalue weighted by atomic mass is 16.3. The molecule has 10 rings (SSSR count). The predicted octanol–water partition coefficient (Wildman–Crippen LogP) is 12.4. The first-order valence-electron chi connectivity index (χ1n) is 17.1. The molecule has 0 saturated heterocycles. The highest BCUT2D eigenvalue weighted by Crippen LogP contribution is 2.38. The van der Waals surface area contributed by atoms with Crippen LogP contribution < -0.4 is 0 Å². The monoisotopic (exact) mass is 651 g/mol. The molecule has 0 aliphatic rings. The van der Waals surface area contributed by atoms with E-state index in [1.807, 2.05) is 36.4 Å². The zero-order valence-corrected chi connectivity index (χ0v) is 27.5. The maximum atomic E-state index is 6.42. The van der Waals surface area contributed by atoms with Crippen molar-refractivity contribution >= 4 is 43.5 Å². The normalized spacial score (nSPS) is 11.5. The molecule has 0 aliphatic heterocycles. The number of fused-ring (bicyclic) bond motifs is 6. The summed E-state index contributed by atoms with van der Waals surface area (Å²) in [6.45, 7) is 0. The first-order chi connectivity index (χ1) is 25.3. The van der Waals surface area contributed by atoms with E-state index in [0.717, 1.165) is 55.3 Å². The van der Waals surface area contributed by atoms with E-state index < -0.39 is 0 Å². The Labute approximate surface area is 294 Å². The smallest absolute Gasteiger partial charge is 0.167 e. The van der Waals surface area contributed by atoms with E-state index in [2.05, 4.69) is 140 Å². The molecule has 0 amide bonds. The summed E-state index contributed by atoms with van der Waals surface area (Å²) >= 11 is 0. The van der Waals surface area contributed by atoms with Crippen molar-refractivity contribution in [3.05, 3.63) is 176 Å². The van der Waals surface area contributed by atoms with Crippen molar-refractivity contribution in [1.82, 2.24) is 15.0 Å². The van der Waals surface area contributed by atoms with Gasteiger partial charge in [0.1, 0.15) is 11.2 Å². The lowest BCUT2D eigenvalue weighted by atomic mass is 9.93. The molecule has 0 spiro atoms. The van der Waals surface area contributed by atoms with Crippen LogP contribution in [-0.2, 0) is 0 Å². The zero-order valence-electron chi connectivity index (χ0n) is 27.5. The molecule has 2 aromatic heterocycles. The molecule has 4 nitrogen and oxygen atoms in total. The van der Waals surface area contributed by atoms with E-state index in [-0.39, 0.29) is 0 Å². The molecule has 0 fully saturated rings. The molecular weight excluding hydrogens is 623 g/mol. The average molecular weight is 652 g/mol. The molecule has 0 N–H and O–H groups in total. The first kappa shape index (κ1) is 29.0. The fourth-order valence-electron chi connectivity index (χ4n) is 7.22. The Morgan fingerprint density at radius 3 is 1.63 bits per heavy atom. The third kappa shape index (κ3) is 5.04. The molecule has 2 heterocycles. The molecule has 0 aliphatic carbocycles. The molecule has 0 atom stereocenters. The first-order valence-corrected chi connectivity index (χ1v) is 17.1. The van der Waals surface area contributed by atoms with Gasteiger partial charge in [0.25, 0.3) is 0 Å². The number of benzene rings is 8. The standard InChI is InChI=1S/C47H29N3O/c1-2-10-30(11-3-1)31-20-26-35(27-21-31)45-48-46(50-47(49-45)41-18-9-17-40-39-15-6-7-19-42(39)51-44(40)41)36-28-23-33(24-29-36)38-16-8-13-34-25-22-32-12-4-5-14-37(32)43(34)38/h1-29H. The molecule has 8 aromatic carbocycles. The second kappa shape index (κ2) is 11.9. The molecule has 0 saturated carbocycles. The summed E-state index contributed by atoms with van der Waals surface area (Å²) in [6, 6.07) is 61.1. The van der Waals surface area contributed by atoms with Gasteiger partial charge in [-0.2, -0.15) is 0 Å². The number of nitrogens with zero attached hydrogens (tertiary/aromatic N) is 3. The van der Waals surface area contributed by atoms with Crippen LogP contribution in [0.4, 0.5) is 0 Å². The summed E-state index contributed by atoms with van der Waals surface area (Å²) in [5, 5.41) is 7.06. The van der Waals surface area contributed by atoms with Crippen LogP contribution in [0.2, 0.25) is 0 Å². The number of furan rings is 1. The third-order valence-corrected chi connectivity index (χ3v) is 9.75. The second-order valence-electron chi connectivity index (χ2n) is 12.8. The summed E-state index contributed by atoms with van der Waals surface area (Å²) in [5.74, 6) is 1.77. The molecule has 238 valence electrons. The molecule has 10 aromatic rings. The van der Waals surface area contributed by atoms with Crippen LogP contribution in [0.25, 0.3) is 99.9 Å². The summed E-state index contributed by atoms with van der Waals surface area (Å²) < 4.78 is 6.42. The zero-order chi connectivity index (χ0) is 33.7. The van der Waals surface area contributed by atoms with E-state index in [4.69, 9.17) is 19.4 Å². The minimum absolute atomic E-state index is 0.566. The van der Waals surface area contributed by atoms with E-state index in [0.29, 0.717) is 17.5 Å². The van der Waals surface area contributed by atoms with Crippen LogP contribution in [0.5, 0.6) is 0 Å². The van der Waals surface area contributed by atoms with Gasteiger partial charge in [-0.15, -0.1) is 0 Å². The van der Waals surface area contributed by atoms with E-state index >= 15 is 0 Å². The molecular formula is C47H29N3O. The Bertz CT molecular complexity index is 2890. The number of hydrogen-bond acceptors (Lipinski definition) is 4. The lowest BCUT2D eigenvalue weighted by Gasteiger charge is -2.12. The van der Waals surface area contributed by atoms with Gasteiger partial charge in [0, 0.05) is 21.9 Å². The number of rotatable bonds is 5. The molecule has 4 heteroatoms. The van der Waals surface area contributed by atoms with Gasteiger partial charge in [-0.05, 0) is 55.9 Å². The number of para-hydroxylation sites is 2. The molecule has 0 bridgehead atoms. The molecule has 0 radical (unpaired) electrons. The van der Waals surface area contributed by atoms with E-state index in [1.54, 1.807) is 0 Å². The SMILES string of the molecule is c1ccc(-c2ccc(-c3nc(-c4ccc(-c5cccc6ccc7ccccc7c56)cc4)nc(-c4cccc5c4oc4ccccc45)n3)cc2)cc1. The van der Waals surface area contributed by atoms with E-state index in [1.165, 1.54) is 27.1 Å². The predicted molar refractivity (Wildman–Crippen MR) is 209 cm³/mol. The minimum Gasteiger partial charge on any atom is -0.455 e. The highest BCUT2D eigenvalue weighted by molar-refractivity contribution is 6.14. The van der Waals surface area contributed by atoms with Gasteiger partial charge < -0.3 is 4.42 Å². The van der Waals surface area contributed by atoms with Crippen molar-refractivity contribution in [2.24, 2.45) is 0 Å². The topological polar surface area (TPSA) is 51.8 Å². The number of hydrogen-bond donors (Lipinski definition) is 0. The summed E-state index contributed by atoms with van der Waals surface area (Å²) in [5.41, 5.74) is 8.88. The van der Waals surface area contributed by atoms with Crippen molar-refractivity contribution in [3.8, 4) is 56.4 Å². The minimum atomic E-state index is 0.566. The lowest BCUT2D eigenvalue weighted by Crippen LogP contribution is -2.00. The quantitative estimate of drug-likeness (QED) is 0.174. The Hall–Kier alpha value is -6.91. The van der Waals surface area contributed by atoms with Crippen molar-refractivity contribution in [1.29, 1.82) is 0 Å². The largest absolute Gasteiger partial charge is 0.455 e. The van der Waals surface area contributed by atoms with Gasteiger partial charge in [-0.3, -0.25) is 0 Å². The van der Waals surface area contributed by atoms with Crippen LogP contribution in [0.1, 0.15) is 0 Å². The summed E-state index contributed by atoms with van der Waals surface area (Å²) in [7, 11) is 0. The Kier molecular flexibility index (Phi) is 6.78. The van der Waals surface area contributed by atoms with Gasteiger partial charge in [-0.25, -0.2) is 15.0 Å². The maximum absolute atomic E-state index is 6.42. The van der Waals surface area contributed by atoms with E-state index in [9.17, 15) is 0 Å². The maximum Gasteiger partial charge on any atom is 0.167 e. The van der Waals surface area contributed by atoms with Crippen molar-refractivity contribution in [2.45, 2.75) is 0 Å². The summed E-state index contributed by atoms with van der Waals surface area (Å²) in [6.07, 6.45) is 0. The van der Waals surface area contributed by atoms with Crippen molar-refractivity contribution in [2.75, 3.05) is 0 Å². The Morgan fingerprint density at radius 1 is 0.314 bits per heavy atom. The lowest BCUT2D eigenvalue weighted by molar-refractivity contribution is 0.669. The second-order valence-corrected chi connectivity index (χ2v) is 12.8. The van der Waals surface area contributed by atoms with Gasteiger partial charge in [0.2, 0.25) is 0 Å². The summed E-state index contributed by atoms with van der Waals surface area (Å²) in [4.78, 5) is 15.2. The Morgan fingerprint density at radius 2 is 0.843 bits per heavy atom. The molecule has 51 heavy (non-hydrogen) atoms. The van der Waals surface area contributed by atoms with Crippen molar-refractivity contribution < 1.29 is 4.42 Å². The fourth-order valence-corrected chi connectivity index (χ4v) is 7.22. The van der Waals surface area contributed by atoms with Gasteiger partial charge in [0.05, 0.1) is 5.56 Å². The van der Waals surface area contributed by atoms with Crippen LogP contribution in [0.3, 0.4) is 0 Å².